The van der Waals surface area contributed by atoms with Gasteiger partial charge in [-0.2, -0.15) is 0 Å². The zero-order valence-corrected chi connectivity index (χ0v) is 34.8. The van der Waals surface area contributed by atoms with Gasteiger partial charge >= 0.3 is 17.9 Å². The zero-order valence-electron chi connectivity index (χ0n) is 34.8. The molecule has 0 aliphatic rings. The van der Waals surface area contributed by atoms with Gasteiger partial charge < -0.3 is 25.1 Å². The van der Waals surface area contributed by atoms with E-state index in [0.717, 1.165) is 64.2 Å². The van der Waals surface area contributed by atoms with Crippen LogP contribution < -0.4 is 5.73 Å². The van der Waals surface area contributed by atoms with Gasteiger partial charge in [0.25, 0.3) is 6.29 Å². The van der Waals surface area contributed by atoms with Crippen LogP contribution in [0.3, 0.4) is 0 Å². The first-order chi connectivity index (χ1) is 25.7. The van der Waals surface area contributed by atoms with Crippen molar-refractivity contribution in [2.75, 3.05) is 6.61 Å². The van der Waals surface area contributed by atoms with Gasteiger partial charge in [0.05, 0.1) is 6.61 Å². The standard InChI is InChI=1S/C45H83NO7/c1-5-7-9-11-13-15-17-19-21-23-25-27-29-31-33-35-42(48)51-41(38-47)45(53-44(50)40(46)37-39(3)4)52-43(49)36-34-32-30-28-26-24-22-20-18-16-14-12-10-8-6-2/h19-22,39-41,45,47H,5-18,23-38,46H2,1-4H3/b21-19-,22-20-/t40-,41-,45?/m0/s1. The molecule has 0 spiro atoms. The summed E-state index contributed by atoms with van der Waals surface area (Å²) in [7, 11) is 0. The maximum absolute atomic E-state index is 12.8. The molecular formula is C45H83NO7. The van der Waals surface area contributed by atoms with E-state index in [0.29, 0.717) is 19.3 Å². The summed E-state index contributed by atoms with van der Waals surface area (Å²) in [6.07, 6.45) is 37.1. The van der Waals surface area contributed by atoms with Crippen molar-refractivity contribution in [1.82, 2.24) is 0 Å². The summed E-state index contributed by atoms with van der Waals surface area (Å²) in [5, 5.41) is 10.1. The fourth-order valence-corrected chi connectivity index (χ4v) is 6.26. The minimum atomic E-state index is -1.56. The number of aliphatic hydroxyl groups excluding tert-OH is 1. The fraction of sp³-hybridized carbons (Fsp3) is 0.844. The topological polar surface area (TPSA) is 125 Å². The van der Waals surface area contributed by atoms with Gasteiger partial charge in [0.1, 0.15) is 6.04 Å². The van der Waals surface area contributed by atoms with E-state index in [2.05, 4.69) is 38.2 Å². The maximum atomic E-state index is 12.8. The largest absolute Gasteiger partial charge is 0.452 e. The molecule has 0 radical (unpaired) electrons. The van der Waals surface area contributed by atoms with Crippen LogP contribution in [0.2, 0.25) is 0 Å². The van der Waals surface area contributed by atoms with Gasteiger partial charge in [-0.25, -0.2) is 0 Å². The Bertz CT molecular complexity index is 919. The van der Waals surface area contributed by atoms with Crippen molar-refractivity contribution < 1.29 is 33.7 Å². The summed E-state index contributed by atoms with van der Waals surface area (Å²) >= 11 is 0. The molecule has 8 heteroatoms. The van der Waals surface area contributed by atoms with Crippen LogP contribution in [0.1, 0.15) is 214 Å². The number of allylic oxidation sites excluding steroid dienone is 4. The van der Waals surface area contributed by atoms with Crippen molar-refractivity contribution >= 4 is 17.9 Å². The van der Waals surface area contributed by atoms with Crippen molar-refractivity contribution in [3.8, 4) is 0 Å². The molecule has 0 aromatic rings. The van der Waals surface area contributed by atoms with Crippen LogP contribution in [0.25, 0.3) is 0 Å². The van der Waals surface area contributed by atoms with E-state index >= 15 is 0 Å². The first-order valence-corrected chi connectivity index (χ1v) is 22.0. The zero-order chi connectivity index (χ0) is 39.2. The second-order valence-electron chi connectivity index (χ2n) is 15.4. The number of aliphatic hydroxyl groups is 1. The van der Waals surface area contributed by atoms with E-state index in [1.54, 1.807) is 0 Å². The van der Waals surface area contributed by atoms with E-state index < -0.39 is 43.0 Å². The Labute approximate surface area is 325 Å². The Hall–Kier alpha value is -2.19. The first-order valence-electron chi connectivity index (χ1n) is 22.0. The molecule has 0 aliphatic heterocycles. The van der Waals surface area contributed by atoms with Crippen molar-refractivity contribution in [2.24, 2.45) is 11.7 Å². The lowest BCUT2D eigenvalue weighted by atomic mass is 10.1. The molecule has 3 N–H and O–H groups in total. The summed E-state index contributed by atoms with van der Waals surface area (Å²) in [5.41, 5.74) is 6.02. The highest BCUT2D eigenvalue weighted by Gasteiger charge is 2.33. The van der Waals surface area contributed by atoms with E-state index in [1.807, 2.05) is 13.8 Å². The van der Waals surface area contributed by atoms with Crippen LogP contribution in [-0.4, -0.2) is 48.1 Å². The van der Waals surface area contributed by atoms with Crippen molar-refractivity contribution in [3.63, 3.8) is 0 Å². The molecule has 0 bridgehead atoms. The van der Waals surface area contributed by atoms with E-state index in [4.69, 9.17) is 19.9 Å². The van der Waals surface area contributed by atoms with Gasteiger partial charge in [0, 0.05) is 12.8 Å². The third kappa shape index (κ3) is 34.1. The van der Waals surface area contributed by atoms with Crippen LogP contribution in [0.4, 0.5) is 0 Å². The molecule has 3 atom stereocenters. The van der Waals surface area contributed by atoms with Crippen molar-refractivity contribution in [3.05, 3.63) is 24.3 Å². The predicted octanol–water partition coefficient (Wildman–Crippen LogP) is 11.8. The molecule has 0 aromatic carbocycles. The Morgan fingerprint density at radius 1 is 0.528 bits per heavy atom. The molecular weight excluding hydrogens is 666 g/mol. The second-order valence-corrected chi connectivity index (χ2v) is 15.4. The number of hydrogen-bond donors (Lipinski definition) is 2. The SMILES string of the molecule is CCCCCCCC/C=C\CCCCCCCC(=O)OC(OC(=O)[C@@H](N)CC(C)C)[C@H](CO)OC(=O)CCCCCCC/C=C\CCCCCCCC. The third-order valence-electron chi connectivity index (χ3n) is 9.56. The molecule has 53 heavy (non-hydrogen) atoms. The van der Waals surface area contributed by atoms with Gasteiger partial charge in [-0.05, 0) is 76.5 Å². The lowest BCUT2D eigenvalue weighted by molar-refractivity contribution is -0.219. The molecule has 0 heterocycles. The molecule has 0 saturated heterocycles. The van der Waals surface area contributed by atoms with E-state index in [-0.39, 0.29) is 18.8 Å². The number of rotatable bonds is 38. The lowest BCUT2D eigenvalue weighted by Gasteiger charge is -2.26. The van der Waals surface area contributed by atoms with Crippen LogP contribution in [0.15, 0.2) is 24.3 Å². The lowest BCUT2D eigenvalue weighted by Crippen LogP contribution is -2.44. The number of carbonyl (C=O) groups is 3. The Kier molecular flexibility index (Phi) is 36.5. The molecule has 8 nitrogen and oxygen atoms in total. The van der Waals surface area contributed by atoms with Gasteiger partial charge in [-0.15, -0.1) is 0 Å². The smallest absolute Gasteiger partial charge is 0.326 e. The van der Waals surface area contributed by atoms with Gasteiger partial charge in [-0.1, -0.05) is 155 Å². The second kappa shape index (κ2) is 38.1. The predicted molar refractivity (Wildman–Crippen MR) is 219 cm³/mol. The van der Waals surface area contributed by atoms with Gasteiger partial charge in [0.15, 0.2) is 6.10 Å². The summed E-state index contributed by atoms with van der Waals surface area (Å²) in [6, 6.07) is -0.924. The number of ether oxygens (including phenoxy) is 3. The number of carbonyl (C=O) groups excluding carboxylic acids is 3. The molecule has 0 aromatic heterocycles. The molecule has 0 saturated carbocycles. The van der Waals surface area contributed by atoms with Crippen molar-refractivity contribution in [2.45, 2.75) is 232 Å². The number of hydrogen-bond acceptors (Lipinski definition) is 8. The van der Waals surface area contributed by atoms with Crippen molar-refractivity contribution in [1.29, 1.82) is 0 Å². The highest BCUT2D eigenvalue weighted by atomic mass is 16.7. The normalized spacial score (nSPS) is 13.5. The summed E-state index contributed by atoms with van der Waals surface area (Å²) in [5.74, 6) is -1.70. The quantitative estimate of drug-likeness (QED) is 0.0277. The maximum Gasteiger partial charge on any atom is 0.326 e. The Balaban J connectivity index is 4.49. The average Bonchev–Trinajstić information content (AvgIpc) is 3.13. The molecule has 1 unspecified atom stereocenters. The summed E-state index contributed by atoms with van der Waals surface area (Å²) in [4.78, 5) is 38.2. The van der Waals surface area contributed by atoms with Crippen LogP contribution >= 0.6 is 0 Å². The minimum Gasteiger partial charge on any atom is -0.452 e. The molecule has 0 rings (SSSR count). The van der Waals surface area contributed by atoms with Gasteiger partial charge in [0.2, 0.25) is 0 Å². The van der Waals surface area contributed by atoms with E-state index in [9.17, 15) is 19.5 Å². The number of nitrogens with two attached hydrogens (primary N) is 1. The third-order valence-corrected chi connectivity index (χ3v) is 9.56. The molecule has 310 valence electrons. The highest BCUT2D eigenvalue weighted by Crippen LogP contribution is 2.16. The Morgan fingerprint density at radius 3 is 1.26 bits per heavy atom. The minimum absolute atomic E-state index is 0.144. The first kappa shape index (κ1) is 50.8. The fourth-order valence-electron chi connectivity index (χ4n) is 6.26. The highest BCUT2D eigenvalue weighted by molar-refractivity contribution is 5.76. The van der Waals surface area contributed by atoms with Crippen LogP contribution in [0.5, 0.6) is 0 Å². The Morgan fingerprint density at radius 2 is 0.887 bits per heavy atom. The summed E-state index contributed by atoms with van der Waals surface area (Å²) in [6.45, 7) is 7.71. The van der Waals surface area contributed by atoms with Crippen LogP contribution in [-0.2, 0) is 28.6 Å². The van der Waals surface area contributed by atoms with Gasteiger partial charge in [-0.3, -0.25) is 14.4 Å². The van der Waals surface area contributed by atoms with Crippen LogP contribution in [0, 0.1) is 5.92 Å². The number of esters is 3. The monoisotopic (exact) mass is 750 g/mol. The average molecular weight is 750 g/mol. The molecule has 0 aliphatic carbocycles. The molecule has 0 fully saturated rings. The van der Waals surface area contributed by atoms with E-state index in [1.165, 1.54) is 89.9 Å². The summed E-state index contributed by atoms with van der Waals surface area (Å²) < 4.78 is 16.4. The number of unbranched alkanes of at least 4 members (excludes halogenated alkanes) is 22. The molecule has 0 amide bonds.